The first kappa shape index (κ1) is 8.68. The Balaban J connectivity index is 2.52. The van der Waals surface area contributed by atoms with Gasteiger partial charge in [-0.15, -0.1) is 5.10 Å². The van der Waals surface area contributed by atoms with Crippen LogP contribution in [0.4, 0.5) is 0 Å². The fourth-order valence-corrected chi connectivity index (χ4v) is 1.54. The van der Waals surface area contributed by atoms with E-state index in [1.54, 1.807) is 4.68 Å². The molecule has 0 bridgehead atoms. The molecular weight excluding hydrogens is 277 g/mol. The van der Waals surface area contributed by atoms with Gasteiger partial charge in [-0.3, -0.25) is 0 Å². The Bertz CT molecular complexity index is 422. The first-order chi connectivity index (χ1) is 6.27. The van der Waals surface area contributed by atoms with Crippen LogP contribution in [-0.2, 0) is 0 Å². The van der Waals surface area contributed by atoms with Gasteiger partial charge in [0.25, 0.3) is 0 Å². The fraction of sp³-hybridized carbons (Fsp3) is 0.111. The Kier molecular flexibility index (Phi) is 2.30. The molecule has 0 spiro atoms. The molecule has 2 aromatic rings. The molecule has 0 unspecified atom stereocenters. The van der Waals surface area contributed by atoms with Gasteiger partial charge in [-0.1, -0.05) is 23.4 Å². The lowest BCUT2D eigenvalue weighted by Gasteiger charge is -2.02. The predicted octanol–water partition coefficient (Wildman–Crippen LogP) is 2.18. The topological polar surface area (TPSA) is 30.7 Å². The number of halogens is 1. The number of para-hydroxylation sites is 1. The van der Waals surface area contributed by atoms with Gasteiger partial charge in [0.2, 0.25) is 0 Å². The van der Waals surface area contributed by atoms with E-state index in [-0.39, 0.29) is 0 Å². The molecule has 13 heavy (non-hydrogen) atoms. The van der Waals surface area contributed by atoms with E-state index in [1.165, 1.54) is 5.56 Å². The van der Waals surface area contributed by atoms with Gasteiger partial charge in [0.05, 0.1) is 11.9 Å². The molecule has 1 heterocycles. The van der Waals surface area contributed by atoms with E-state index < -0.39 is 0 Å². The lowest BCUT2D eigenvalue weighted by molar-refractivity contribution is 0.797. The third kappa shape index (κ3) is 1.72. The lowest BCUT2D eigenvalue weighted by atomic mass is 10.2. The summed E-state index contributed by atoms with van der Waals surface area (Å²) >= 11 is 2.14. The van der Waals surface area contributed by atoms with Crippen LogP contribution in [0.3, 0.4) is 0 Å². The average molecular weight is 285 g/mol. The number of aryl methyl sites for hydroxylation is 1. The number of benzene rings is 1. The predicted molar refractivity (Wildman–Crippen MR) is 58.8 cm³/mol. The largest absolute Gasteiger partial charge is 0.219 e. The zero-order chi connectivity index (χ0) is 9.26. The first-order valence-electron chi connectivity index (χ1n) is 3.91. The number of aromatic nitrogens is 3. The van der Waals surface area contributed by atoms with Crippen LogP contribution in [0.2, 0.25) is 0 Å². The molecule has 0 N–H and O–H groups in total. The summed E-state index contributed by atoms with van der Waals surface area (Å²) in [6.07, 6.45) is 1.91. The molecule has 1 aromatic heterocycles. The van der Waals surface area contributed by atoms with Crippen molar-refractivity contribution in [2.24, 2.45) is 0 Å². The van der Waals surface area contributed by atoms with E-state index in [0.29, 0.717) is 0 Å². The summed E-state index contributed by atoms with van der Waals surface area (Å²) in [6, 6.07) is 8.10. The Labute approximate surface area is 89.9 Å². The van der Waals surface area contributed by atoms with Gasteiger partial charge in [0.15, 0.2) is 0 Å². The van der Waals surface area contributed by atoms with Crippen LogP contribution in [0, 0.1) is 10.6 Å². The summed E-state index contributed by atoms with van der Waals surface area (Å²) in [7, 11) is 0. The highest BCUT2D eigenvalue weighted by Crippen LogP contribution is 2.12. The van der Waals surface area contributed by atoms with Gasteiger partial charge < -0.3 is 0 Å². The summed E-state index contributed by atoms with van der Waals surface area (Å²) in [4.78, 5) is 0. The first-order valence-corrected chi connectivity index (χ1v) is 4.99. The zero-order valence-corrected chi connectivity index (χ0v) is 9.26. The third-order valence-electron chi connectivity index (χ3n) is 1.83. The van der Waals surface area contributed by atoms with Crippen molar-refractivity contribution in [3.05, 3.63) is 39.7 Å². The second-order valence-corrected chi connectivity index (χ2v) is 3.88. The Morgan fingerprint density at radius 2 is 2.08 bits per heavy atom. The summed E-state index contributed by atoms with van der Waals surface area (Å²) in [6.45, 7) is 2.06. The molecule has 0 saturated carbocycles. The maximum absolute atomic E-state index is 4.01. The molecule has 0 aliphatic carbocycles. The van der Waals surface area contributed by atoms with Crippen molar-refractivity contribution in [2.75, 3.05) is 0 Å². The van der Waals surface area contributed by atoms with Gasteiger partial charge >= 0.3 is 0 Å². The van der Waals surface area contributed by atoms with E-state index in [4.69, 9.17) is 0 Å². The molecular formula is C9H8IN3. The summed E-state index contributed by atoms with van der Waals surface area (Å²) in [5.41, 5.74) is 2.28. The highest BCUT2D eigenvalue weighted by Gasteiger charge is 2.01. The molecule has 0 amide bonds. The van der Waals surface area contributed by atoms with Gasteiger partial charge in [0.1, 0.15) is 3.70 Å². The van der Waals surface area contributed by atoms with Crippen molar-refractivity contribution < 1.29 is 0 Å². The molecule has 0 aliphatic heterocycles. The molecule has 0 fully saturated rings. The van der Waals surface area contributed by atoms with Crippen molar-refractivity contribution in [3.8, 4) is 5.69 Å². The Morgan fingerprint density at radius 3 is 2.69 bits per heavy atom. The Hall–Kier alpha value is -0.910. The lowest BCUT2D eigenvalue weighted by Crippen LogP contribution is -1.96. The summed E-state index contributed by atoms with van der Waals surface area (Å²) < 4.78 is 2.69. The molecule has 4 heteroatoms. The van der Waals surface area contributed by atoms with E-state index in [0.717, 1.165) is 9.39 Å². The normalized spacial score (nSPS) is 10.3. The van der Waals surface area contributed by atoms with E-state index >= 15 is 0 Å². The van der Waals surface area contributed by atoms with Crippen LogP contribution in [-0.4, -0.2) is 15.0 Å². The van der Waals surface area contributed by atoms with Gasteiger partial charge in [0, 0.05) is 0 Å². The highest BCUT2D eigenvalue weighted by atomic mass is 127. The molecule has 66 valence electrons. The smallest absolute Gasteiger partial charge is 0.143 e. The van der Waals surface area contributed by atoms with Crippen molar-refractivity contribution in [1.82, 2.24) is 15.0 Å². The average Bonchev–Trinajstić information content (AvgIpc) is 2.53. The summed E-state index contributed by atoms with van der Waals surface area (Å²) in [5, 5.41) is 7.94. The maximum atomic E-state index is 4.01. The zero-order valence-electron chi connectivity index (χ0n) is 7.11. The Morgan fingerprint density at radius 1 is 1.31 bits per heavy atom. The van der Waals surface area contributed by atoms with Crippen LogP contribution in [0.5, 0.6) is 0 Å². The minimum atomic E-state index is 0.904. The molecule has 3 nitrogen and oxygen atoms in total. The van der Waals surface area contributed by atoms with Crippen molar-refractivity contribution in [3.63, 3.8) is 0 Å². The fourth-order valence-electron chi connectivity index (χ4n) is 1.18. The molecule has 0 radical (unpaired) electrons. The number of nitrogens with zero attached hydrogens (tertiary/aromatic N) is 3. The van der Waals surface area contributed by atoms with Crippen LogP contribution >= 0.6 is 22.6 Å². The monoisotopic (exact) mass is 285 g/mol. The molecule has 0 aliphatic rings. The number of hydrogen-bond donors (Lipinski definition) is 0. The highest BCUT2D eigenvalue weighted by molar-refractivity contribution is 14.1. The van der Waals surface area contributed by atoms with Gasteiger partial charge in [-0.2, -0.15) is 0 Å². The van der Waals surface area contributed by atoms with E-state index in [9.17, 15) is 0 Å². The second-order valence-electron chi connectivity index (χ2n) is 2.77. The maximum Gasteiger partial charge on any atom is 0.143 e. The van der Waals surface area contributed by atoms with E-state index in [1.807, 2.05) is 24.4 Å². The number of rotatable bonds is 1. The van der Waals surface area contributed by atoms with Crippen LogP contribution in [0.1, 0.15) is 5.56 Å². The molecule has 0 saturated heterocycles. The quantitative estimate of drug-likeness (QED) is 0.752. The van der Waals surface area contributed by atoms with Crippen molar-refractivity contribution in [2.45, 2.75) is 6.92 Å². The molecule has 1 aromatic carbocycles. The third-order valence-corrected chi connectivity index (χ3v) is 2.32. The van der Waals surface area contributed by atoms with Gasteiger partial charge in [-0.25, -0.2) is 4.68 Å². The second kappa shape index (κ2) is 3.45. The van der Waals surface area contributed by atoms with Crippen LogP contribution in [0.15, 0.2) is 30.5 Å². The van der Waals surface area contributed by atoms with E-state index in [2.05, 4.69) is 45.9 Å². The van der Waals surface area contributed by atoms with Crippen LogP contribution < -0.4 is 0 Å². The van der Waals surface area contributed by atoms with Crippen molar-refractivity contribution >= 4 is 22.6 Å². The van der Waals surface area contributed by atoms with Gasteiger partial charge in [-0.05, 0) is 41.1 Å². The van der Waals surface area contributed by atoms with Crippen LogP contribution in [0.25, 0.3) is 5.69 Å². The number of hydrogen-bond acceptors (Lipinski definition) is 2. The minimum absolute atomic E-state index is 0.904. The summed E-state index contributed by atoms with van der Waals surface area (Å²) in [5.74, 6) is 0. The molecule has 0 atom stereocenters. The molecule has 2 rings (SSSR count). The van der Waals surface area contributed by atoms with Crippen molar-refractivity contribution in [1.29, 1.82) is 0 Å². The minimum Gasteiger partial charge on any atom is -0.219 e. The standard InChI is InChI=1S/C9H8IN3/c1-7-4-2-3-5-8(7)13-6-9(10)11-12-13/h2-6H,1H3. The SMILES string of the molecule is Cc1ccccc1-n1cc(I)nn1.